The molecule has 3 saturated carbocycles. The summed E-state index contributed by atoms with van der Waals surface area (Å²) in [5, 5.41) is 25.9. The van der Waals surface area contributed by atoms with Crippen LogP contribution in [0, 0.1) is 23.7 Å². The normalized spacial score (nSPS) is 41.4. The van der Waals surface area contributed by atoms with Crippen molar-refractivity contribution in [3.63, 3.8) is 0 Å². The Balaban J connectivity index is 1.53. The molecule has 0 radical (unpaired) electrons. The number of hydrogen-bond donors (Lipinski definition) is 3. The van der Waals surface area contributed by atoms with E-state index in [1.54, 1.807) is 0 Å². The van der Waals surface area contributed by atoms with E-state index < -0.39 is 11.2 Å². The molecule has 0 aromatic heterocycles. The van der Waals surface area contributed by atoms with Crippen LogP contribution < -0.4 is 10.1 Å². The zero-order valence-corrected chi connectivity index (χ0v) is 21.6. The van der Waals surface area contributed by atoms with E-state index in [9.17, 15) is 10.2 Å². The predicted octanol–water partition coefficient (Wildman–Crippen LogP) is 4.71. The molecule has 5 nitrogen and oxygen atoms in total. The van der Waals surface area contributed by atoms with E-state index in [0.29, 0.717) is 29.8 Å². The van der Waals surface area contributed by atoms with Crippen molar-refractivity contribution in [3.05, 3.63) is 23.3 Å². The zero-order chi connectivity index (χ0) is 24.0. The van der Waals surface area contributed by atoms with Crippen molar-refractivity contribution in [2.45, 2.75) is 114 Å². The lowest BCUT2D eigenvalue weighted by Crippen LogP contribution is -2.67. The number of aromatic hydroxyl groups is 1. The second kappa shape index (κ2) is 7.60. The molecule has 2 bridgehead atoms. The highest BCUT2D eigenvalue weighted by Gasteiger charge is 2.72. The Morgan fingerprint density at radius 3 is 2.65 bits per heavy atom. The molecule has 6 rings (SSSR count). The lowest BCUT2D eigenvalue weighted by Gasteiger charge is -2.60. The first-order chi connectivity index (χ1) is 16.1. The summed E-state index contributed by atoms with van der Waals surface area (Å²) in [5.74, 6) is 2.67. The smallest absolute Gasteiger partial charge is 0.166 e. The Labute approximate surface area is 204 Å². The first kappa shape index (κ1) is 23.1. The maximum atomic E-state index is 10.9. The summed E-state index contributed by atoms with van der Waals surface area (Å²) in [6.07, 6.45) is 8.90. The van der Waals surface area contributed by atoms with Gasteiger partial charge in [0.25, 0.3) is 0 Å². The van der Waals surface area contributed by atoms with Crippen LogP contribution in [0.2, 0.25) is 0 Å². The third-order valence-electron chi connectivity index (χ3n) is 10.8. The standard InChI is InChI=1S/C29H43NO4/c1-16(27(2,3)32)14-17-7-11-23(33-5)28(4)29-13-12-21(30-19-8-9-19)20(24(17)29)15-18-6-10-22(31)26(34-28)25(18)29/h6,10,16-17,19-21,23-24,30-32H,7-9,11-15H2,1-5H3/t16-,17+,20+,21?,23?,24?,28-,29+/m1/s1. The van der Waals surface area contributed by atoms with Gasteiger partial charge in [0.1, 0.15) is 5.60 Å². The van der Waals surface area contributed by atoms with Crippen LogP contribution in [0.5, 0.6) is 11.5 Å². The fourth-order valence-corrected chi connectivity index (χ4v) is 8.73. The van der Waals surface area contributed by atoms with Gasteiger partial charge in [-0.15, -0.1) is 0 Å². The predicted molar refractivity (Wildman–Crippen MR) is 132 cm³/mol. The second-order valence-electron chi connectivity index (χ2n) is 13.0. The van der Waals surface area contributed by atoms with Crippen molar-refractivity contribution in [1.82, 2.24) is 5.32 Å². The number of phenols is 1. The number of phenolic OH excluding ortho intramolecular Hbond substituents is 1. The minimum absolute atomic E-state index is 0.0243. The van der Waals surface area contributed by atoms with E-state index in [-0.39, 0.29) is 23.2 Å². The topological polar surface area (TPSA) is 71.0 Å². The van der Waals surface area contributed by atoms with Gasteiger partial charge in [-0.1, -0.05) is 13.0 Å². The minimum atomic E-state index is -0.698. The number of benzene rings is 1. The summed E-state index contributed by atoms with van der Waals surface area (Å²) in [6, 6.07) is 5.22. The number of rotatable bonds is 6. The van der Waals surface area contributed by atoms with Crippen molar-refractivity contribution >= 4 is 0 Å². The second-order valence-corrected chi connectivity index (χ2v) is 13.0. The first-order valence-corrected chi connectivity index (χ1v) is 13.7. The van der Waals surface area contributed by atoms with Gasteiger partial charge in [0.2, 0.25) is 0 Å². The summed E-state index contributed by atoms with van der Waals surface area (Å²) in [4.78, 5) is 0. The number of hydrogen-bond acceptors (Lipinski definition) is 5. The van der Waals surface area contributed by atoms with Gasteiger partial charge < -0.3 is 25.0 Å². The molecule has 5 aliphatic rings. The largest absolute Gasteiger partial charge is 0.504 e. The number of ether oxygens (including phenoxy) is 2. The van der Waals surface area contributed by atoms with E-state index >= 15 is 0 Å². The maximum absolute atomic E-state index is 10.9. The van der Waals surface area contributed by atoms with Crippen molar-refractivity contribution in [1.29, 1.82) is 0 Å². The maximum Gasteiger partial charge on any atom is 0.166 e. The lowest BCUT2D eigenvalue weighted by atomic mass is 9.45. The summed E-state index contributed by atoms with van der Waals surface area (Å²) in [5.41, 5.74) is 1.29. The van der Waals surface area contributed by atoms with Crippen molar-refractivity contribution in [3.8, 4) is 11.5 Å². The monoisotopic (exact) mass is 469 g/mol. The van der Waals surface area contributed by atoms with Gasteiger partial charge >= 0.3 is 0 Å². The number of methoxy groups -OCH3 is 1. The highest BCUT2D eigenvalue weighted by molar-refractivity contribution is 5.62. The molecule has 1 aromatic rings. The fourth-order valence-electron chi connectivity index (χ4n) is 8.73. The SMILES string of the molecule is COC1CC[C@@H](C[C@@H](C)C(C)(C)O)C2[C@H]3Cc4ccc(O)c5c4[C@@]2(CCC3NC2CC2)[C@]1(C)O5. The van der Waals surface area contributed by atoms with Gasteiger partial charge in [0, 0.05) is 30.2 Å². The van der Waals surface area contributed by atoms with Crippen LogP contribution in [0.3, 0.4) is 0 Å². The van der Waals surface area contributed by atoms with E-state index in [2.05, 4.69) is 25.2 Å². The number of aliphatic hydroxyl groups is 1. The Hall–Kier alpha value is -1.30. The van der Waals surface area contributed by atoms with Crippen LogP contribution in [0.25, 0.3) is 0 Å². The summed E-state index contributed by atoms with van der Waals surface area (Å²) >= 11 is 0. The molecule has 1 spiro atoms. The van der Waals surface area contributed by atoms with E-state index in [4.69, 9.17) is 9.47 Å². The van der Waals surface area contributed by atoms with Crippen molar-refractivity contribution in [2.24, 2.45) is 23.7 Å². The molecule has 1 aromatic carbocycles. The van der Waals surface area contributed by atoms with Gasteiger partial charge in [-0.05, 0) is 107 Å². The van der Waals surface area contributed by atoms with Crippen LogP contribution in [0.15, 0.2) is 12.1 Å². The summed E-state index contributed by atoms with van der Waals surface area (Å²) in [7, 11) is 1.83. The molecule has 34 heavy (non-hydrogen) atoms. The molecule has 5 heteroatoms. The Bertz CT molecular complexity index is 968. The molecule has 3 N–H and O–H groups in total. The molecular formula is C29H43NO4. The highest BCUT2D eigenvalue weighted by Crippen LogP contribution is 2.70. The Morgan fingerprint density at radius 1 is 1.21 bits per heavy atom. The zero-order valence-electron chi connectivity index (χ0n) is 21.6. The van der Waals surface area contributed by atoms with Crippen LogP contribution >= 0.6 is 0 Å². The van der Waals surface area contributed by atoms with Gasteiger partial charge in [-0.3, -0.25) is 0 Å². The van der Waals surface area contributed by atoms with E-state index in [1.807, 2.05) is 27.0 Å². The van der Waals surface area contributed by atoms with Gasteiger partial charge in [0.15, 0.2) is 11.5 Å². The molecule has 4 aliphatic carbocycles. The van der Waals surface area contributed by atoms with E-state index in [0.717, 1.165) is 44.3 Å². The first-order valence-electron chi connectivity index (χ1n) is 13.7. The van der Waals surface area contributed by atoms with Gasteiger partial charge in [0.05, 0.1) is 11.7 Å². The van der Waals surface area contributed by atoms with Gasteiger partial charge in [-0.2, -0.15) is 0 Å². The molecule has 1 heterocycles. The molecule has 0 saturated heterocycles. The average Bonchev–Trinajstić information content (AvgIpc) is 3.56. The Morgan fingerprint density at radius 2 is 1.97 bits per heavy atom. The Kier molecular flexibility index (Phi) is 5.17. The third kappa shape index (κ3) is 3.08. The molecule has 3 fully saturated rings. The van der Waals surface area contributed by atoms with Crippen LogP contribution in [0.4, 0.5) is 0 Å². The summed E-state index contributed by atoms with van der Waals surface area (Å²) in [6.45, 7) is 8.40. The minimum Gasteiger partial charge on any atom is -0.504 e. The molecule has 1 aliphatic heterocycles. The van der Waals surface area contributed by atoms with Crippen LogP contribution in [-0.2, 0) is 16.6 Å². The molecular weight excluding hydrogens is 426 g/mol. The van der Waals surface area contributed by atoms with Gasteiger partial charge in [-0.25, -0.2) is 0 Å². The molecule has 188 valence electrons. The molecule has 3 unspecified atom stereocenters. The van der Waals surface area contributed by atoms with Crippen molar-refractivity contribution in [2.75, 3.05) is 7.11 Å². The molecule has 8 atom stereocenters. The van der Waals surface area contributed by atoms with Crippen LogP contribution in [0.1, 0.15) is 83.8 Å². The third-order valence-corrected chi connectivity index (χ3v) is 10.8. The highest BCUT2D eigenvalue weighted by atomic mass is 16.6. The summed E-state index contributed by atoms with van der Waals surface area (Å²) < 4.78 is 13.1. The van der Waals surface area contributed by atoms with E-state index in [1.165, 1.54) is 24.0 Å². The molecule has 0 amide bonds. The average molecular weight is 470 g/mol. The fraction of sp³-hybridized carbons (Fsp3) is 0.793. The van der Waals surface area contributed by atoms with Crippen LogP contribution in [-0.4, -0.2) is 46.7 Å². The number of nitrogens with one attached hydrogen (secondary N) is 1. The quantitative estimate of drug-likeness (QED) is 0.563. The lowest BCUT2D eigenvalue weighted by molar-refractivity contribution is -0.131. The van der Waals surface area contributed by atoms with Crippen molar-refractivity contribution < 1.29 is 19.7 Å².